The summed E-state index contributed by atoms with van der Waals surface area (Å²) in [5, 5.41) is 0. The number of piperidine rings is 1. The molecule has 1 atom stereocenters. The number of rotatable bonds is 3. The fourth-order valence-electron chi connectivity index (χ4n) is 3.01. The van der Waals surface area contributed by atoms with Gasteiger partial charge in [0.2, 0.25) is 0 Å². The maximum atomic E-state index is 12.7. The lowest BCUT2D eigenvalue weighted by Crippen LogP contribution is -2.42. The molecule has 1 saturated heterocycles. The molecule has 3 rings (SSSR count). The lowest BCUT2D eigenvalue weighted by Gasteiger charge is -2.33. The molecule has 0 aliphatic carbocycles. The zero-order valence-corrected chi connectivity index (χ0v) is 16.8. The van der Waals surface area contributed by atoms with Gasteiger partial charge in [-0.05, 0) is 55.5 Å². The standard InChI is InChI=1S/C18H21BrN2OS.ClH/c1-12(20)13-8-10-21(11-9-13)18(22)17-7-6-16(23-17)14-2-4-15(19)5-3-14;/h2-7,12-13H,8-11,20H2,1H3;1H. The summed E-state index contributed by atoms with van der Waals surface area (Å²) in [5.41, 5.74) is 7.12. The van der Waals surface area contributed by atoms with Gasteiger partial charge in [0.05, 0.1) is 4.88 Å². The molecule has 1 unspecified atom stereocenters. The van der Waals surface area contributed by atoms with Gasteiger partial charge >= 0.3 is 0 Å². The number of halogens is 2. The van der Waals surface area contributed by atoms with Crippen LogP contribution in [0, 0.1) is 5.92 Å². The van der Waals surface area contributed by atoms with Crippen molar-refractivity contribution >= 4 is 45.6 Å². The lowest BCUT2D eigenvalue weighted by atomic mass is 9.91. The Kier molecular flexibility index (Phi) is 6.87. The van der Waals surface area contributed by atoms with E-state index in [0.29, 0.717) is 5.92 Å². The number of carbonyl (C=O) groups is 1. The molecule has 0 spiro atoms. The van der Waals surface area contributed by atoms with E-state index >= 15 is 0 Å². The second-order valence-electron chi connectivity index (χ2n) is 6.16. The predicted octanol–water partition coefficient (Wildman–Crippen LogP) is 4.80. The van der Waals surface area contributed by atoms with Crippen molar-refractivity contribution < 1.29 is 4.79 Å². The van der Waals surface area contributed by atoms with E-state index in [4.69, 9.17) is 5.73 Å². The number of amides is 1. The van der Waals surface area contributed by atoms with Crippen LogP contribution in [-0.2, 0) is 0 Å². The Morgan fingerprint density at radius 3 is 2.42 bits per heavy atom. The van der Waals surface area contributed by atoms with E-state index in [-0.39, 0.29) is 24.4 Å². The molecule has 1 aliphatic heterocycles. The number of likely N-dealkylation sites (tertiary alicyclic amines) is 1. The first-order valence-corrected chi connectivity index (χ1v) is 9.56. The van der Waals surface area contributed by atoms with Crippen LogP contribution in [0.5, 0.6) is 0 Å². The van der Waals surface area contributed by atoms with Crippen molar-refractivity contribution in [1.82, 2.24) is 4.90 Å². The van der Waals surface area contributed by atoms with Crippen molar-refractivity contribution in [2.75, 3.05) is 13.1 Å². The van der Waals surface area contributed by atoms with Gasteiger partial charge in [0.25, 0.3) is 5.91 Å². The van der Waals surface area contributed by atoms with Crippen LogP contribution in [0.3, 0.4) is 0 Å². The number of thiophene rings is 1. The smallest absolute Gasteiger partial charge is 0.263 e. The highest BCUT2D eigenvalue weighted by molar-refractivity contribution is 9.10. The molecule has 2 heterocycles. The van der Waals surface area contributed by atoms with E-state index in [1.54, 1.807) is 11.3 Å². The minimum Gasteiger partial charge on any atom is -0.338 e. The molecule has 0 bridgehead atoms. The van der Waals surface area contributed by atoms with E-state index in [2.05, 4.69) is 35.0 Å². The van der Waals surface area contributed by atoms with Crippen molar-refractivity contribution in [3.8, 4) is 10.4 Å². The number of benzene rings is 1. The second kappa shape index (κ2) is 8.48. The van der Waals surface area contributed by atoms with Crippen molar-refractivity contribution in [3.63, 3.8) is 0 Å². The normalized spacial score (nSPS) is 16.5. The zero-order chi connectivity index (χ0) is 16.4. The summed E-state index contributed by atoms with van der Waals surface area (Å²) in [6.07, 6.45) is 2.02. The molecule has 2 aromatic rings. The minimum atomic E-state index is 0. The Labute approximate surface area is 161 Å². The number of nitrogens with zero attached hydrogens (tertiary/aromatic N) is 1. The second-order valence-corrected chi connectivity index (χ2v) is 8.16. The van der Waals surface area contributed by atoms with Crippen molar-refractivity contribution in [3.05, 3.63) is 45.7 Å². The fourth-order valence-corrected chi connectivity index (χ4v) is 4.25. The Hall–Kier alpha value is -0.880. The van der Waals surface area contributed by atoms with Crippen LogP contribution in [0.1, 0.15) is 29.4 Å². The summed E-state index contributed by atoms with van der Waals surface area (Å²) >= 11 is 5.02. The van der Waals surface area contributed by atoms with Gasteiger partial charge in [-0.3, -0.25) is 4.79 Å². The molecular weight excluding hydrogens is 408 g/mol. The third-order valence-corrected chi connectivity index (χ3v) is 6.17. The topological polar surface area (TPSA) is 46.3 Å². The quantitative estimate of drug-likeness (QED) is 0.762. The Balaban J connectivity index is 0.00000208. The first kappa shape index (κ1) is 19.4. The van der Waals surface area contributed by atoms with Crippen LogP contribution in [-0.4, -0.2) is 29.9 Å². The molecule has 0 saturated carbocycles. The summed E-state index contributed by atoms with van der Waals surface area (Å²) in [4.78, 5) is 16.6. The molecule has 1 fully saturated rings. The van der Waals surface area contributed by atoms with E-state index < -0.39 is 0 Å². The molecule has 130 valence electrons. The predicted molar refractivity (Wildman–Crippen MR) is 107 cm³/mol. The SMILES string of the molecule is CC(N)C1CCN(C(=O)c2ccc(-c3ccc(Br)cc3)s2)CC1.Cl. The summed E-state index contributed by atoms with van der Waals surface area (Å²) in [5.74, 6) is 0.696. The van der Waals surface area contributed by atoms with E-state index in [1.165, 1.54) is 0 Å². The van der Waals surface area contributed by atoms with Crippen molar-refractivity contribution in [2.24, 2.45) is 11.7 Å². The molecular formula is C18H22BrClN2OS. The van der Waals surface area contributed by atoms with Gasteiger partial charge in [-0.25, -0.2) is 0 Å². The number of carbonyl (C=O) groups excluding carboxylic acids is 1. The minimum absolute atomic E-state index is 0. The molecule has 1 amide bonds. The highest BCUT2D eigenvalue weighted by Crippen LogP contribution is 2.30. The van der Waals surface area contributed by atoms with Crippen molar-refractivity contribution in [1.29, 1.82) is 0 Å². The zero-order valence-electron chi connectivity index (χ0n) is 13.6. The number of hydrogen-bond acceptors (Lipinski definition) is 3. The maximum Gasteiger partial charge on any atom is 0.263 e. The average molecular weight is 430 g/mol. The van der Waals surface area contributed by atoms with Gasteiger partial charge in [0.15, 0.2) is 0 Å². The molecule has 6 heteroatoms. The highest BCUT2D eigenvalue weighted by atomic mass is 79.9. The third-order valence-electron chi connectivity index (χ3n) is 4.52. The Morgan fingerprint density at radius 2 is 1.83 bits per heavy atom. The summed E-state index contributed by atoms with van der Waals surface area (Å²) < 4.78 is 1.06. The van der Waals surface area contributed by atoms with Crippen LogP contribution in [0.15, 0.2) is 40.9 Å². The van der Waals surface area contributed by atoms with Gasteiger partial charge in [0.1, 0.15) is 0 Å². The molecule has 24 heavy (non-hydrogen) atoms. The maximum absolute atomic E-state index is 12.7. The fraction of sp³-hybridized carbons (Fsp3) is 0.389. The van der Waals surface area contributed by atoms with Gasteiger partial charge in [0, 0.05) is 28.5 Å². The molecule has 3 nitrogen and oxygen atoms in total. The van der Waals surface area contributed by atoms with Crippen molar-refractivity contribution in [2.45, 2.75) is 25.8 Å². The molecule has 1 aliphatic rings. The van der Waals surface area contributed by atoms with Crippen LogP contribution in [0.4, 0.5) is 0 Å². The molecule has 1 aromatic carbocycles. The Morgan fingerprint density at radius 1 is 1.21 bits per heavy atom. The summed E-state index contributed by atoms with van der Waals surface area (Å²) in [6, 6.07) is 12.4. The van der Waals surface area contributed by atoms with Gasteiger partial charge in [-0.2, -0.15) is 0 Å². The molecule has 1 aromatic heterocycles. The summed E-state index contributed by atoms with van der Waals surface area (Å²) in [7, 11) is 0. The lowest BCUT2D eigenvalue weighted by molar-refractivity contribution is 0.0686. The van der Waals surface area contributed by atoms with E-state index in [0.717, 1.165) is 45.7 Å². The summed E-state index contributed by atoms with van der Waals surface area (Å²) in [6.45, 7) is 3.69. The van der Waals surface area contributed by atoms with E-state index in [9.17, 15) is 4.79 Å². The first-order valence-electron chi connectivity index (χ1n) is 7.95. The highest BCUT2D eigenvalue weighted by Gasteiger charge is 2.26. The monoisotopic (exact) mass is 428 g/mol. The van der Waals surface area contributed by atoms with Gasteiger partial charge in [-0.1, -0.05) is 28.1 Å². The van der Waals surface area contributed by atoms with Crippen LogP contribution < -0.4 is 5.73 Å². The van der Waals surface area contributed by atoms with Crippen LogP contribution in [0.2, 0.25) is 0 Å². The van der Waals surface area contributed by atoms with E-state index in [1.807, 2.05) is 29.2 Å². The number of hydrogen-bond donors (Lipinski definition) is 1. The van der Waals surface area contributed by atoms with Crippen LogP contribution in [0.25, 0.3) is 10.4 Å². The average Bonchev–Trinajstić information content (AvgIpc) is 3.05. The third kappa shape index (κ3) is 4.39. The Bertz CT molecular complexity index is 679. The largest absolute Gasteiger partial charge is 0.338 e. The van der Waals surface area contributed by atoms with Gasteiger partial charge in [-0.15, -0.1) is 23.7 Å². The van der Waals surface area contributed by atoms with Crippen LogP contribution >= 0.6 is 39.7 Å². The first-order chi connectivity index (χ1) is 11.0. The van der Waals surface area contributed by atoms with Gasteiger partial charge < -0.3 is 10.6 Å². The molecule has 0 radical (unpaired) electrons. The molecule has 2 N–H and O–H groups in total. The number of nitrogens with two attached hydrogens (primary N) is 1.